The molecular formula is C133H91N11. The number of rotatable bonds is 15. The van der Waals surface area contributed by atoms with Crippen molar-refractivity contribution >= 4 is 97.7 Å². The molecule has 21 aromatic carbocycles. The minimum Gasteiger partial charge on any atom is -0.292 e. The van der Waals surface area contributed by atoms with Crippen molar-refractivity contribution in [2.75, 3.05) is 0 Å². The summed E-state index contributed by atoms with van der Waals surface area (Å²) < 4.78 is 6.72. The molecule has 0 spiro atoms. The van der Waals surface area contributed by atoms with Gasteiger partial charge in [-0.05, 0) is 242 Å². The summed E-state index contributed by atoms with van der Waals surface area (Å²) >= 11 is 0. The summed E-state index contributed by atoms with van der Waals surface area (Å²) in [5.41, 5.74) is 32.2. The van der Waals surface area contributed by atoms with Crippen LogP contribution in [0.5, 0.6) is 0 Å². The number of nitrogens with zero attached hydrogens (tertiary/aromatic N) is 11. The third kappa shape index (κ3) is 16.8. The van der Waals surface area contributed by atoms with Crippen LogP contribution in [-0.4, -0.2) is 53.6 Å². The number of aromatic nitrogens is 11. The van der Waals surface area contributed by atoms with Crippen LogP contribution in [0, 0.1) is 20.8 Å². The van der Waals surface area contributed by atoms with Gasteiger partial charge in [0.25, 0.3) is 0 Å². The lowest BCUT2D eigenvalue weighted by Gasteiger charge is -2.16. The van der Waals surface area contributed by atoms with Gasteiger partial charge in [-0.15, -0.1) is 0 Å². The lowest BCUT2D eigenvalue weighted by molar-refractivity contribution is 1.10. The van der Waals surface area contributed by atoms with Gasteiger partial charge in [-0.1, -0.05) is 369 Å². The number of para-hydroxylation sites is 6. The summed E-state index contributed by atoms with van der Waals surface area (Å²) in [7, 11) is 0. The second-order valence-corrected chi connectivity index (χ2v) is 36.8. The molecule has 27 aromatic rings. The maximum absolute atomic E-state index is 5.50. The van der Waals surface area contributed by atoms with Crippen LogP contribution in [0.2, 0.25) is 0 Å². The number of aryl methyl sites for hydroxylation is 3. The van der Waals surface area contributed by atoms with Gasteiger partial charge in [-0.2, -0.15) is 0 Å². The molecule has 144 heavy (non-hydrogen) atoms. The number of benzene rings is 21. The van der Waals surface area contributed by atoms with Crippen molar-refractivity contribution in [2.45, 2.75) is 20.8 Å². The molecule has 0 aliphatic rings. The summed E-state index contributed by atoms with van der Waals surface area (Å²) in [6.45, 7) is 6.32. The smallest absolute Gasteiger partial charge is 0.160 e. The Morgan fingerprint density at radius 2 is 0.431 bits per heavy atom. The van der Waals surface area contributed by atoms with Crippen molar-refractivity contribution in [2.24, 2.45) is 0 Å². The molecule has 0 saturated carbocycles. The van der Waals surface area contributed by atoms with Gasteiger partial charge >= 0.3 is 0 Å². The quantitative estimate of drug-likeness (QED) is 0.0932. The van der Waals surface area contributed by atoms with Gasteiger partial charge < -0.3 is 0 Å². The molecule has 11 nitrogen and oxygen atoms in total. The Morgan fingerprint density at radius 3 is 0.826 bits per heavy atom. The molecule has 678 valence electrons. The van der Waals surface area contributed by atoms with E-state index in [0.717, 1.165) is 169 Å². The Kier molecular flexibility index (Phi) is 22.4. The molecule has 27 rings (SSSR count). The highest BCUT2D eigenvalue weighted by Crippen LogP contribution is 2.44. The van der Waals surface area contributed by atoms with Crippen molar-refractivity contribution in [3.63, 3.8) is 0 Å². The van der Waals surface area contributed by atoms with Gasteiger partial charge in [0.05, 0.1) is 67.3 Å². The second-order valence-electron chi connectivity index (χ2n) is 36.8. The number of hydrogen-bond donors (Lipinski definition) is 0. The van der Waals surface area contributed by atoms with E-state index in [9.17, 15) is 0 Å². The Morgan fingerprint density at radius 1 is 0.153 bits per heavy atom. The van der Waals surface area contributed by atoms with Gasteiger partial charge in [0, 0.05) is 78.3 Å². The van der Waals surface area contributed by atoms with E-state index in [2.05, 4.69) is 483 Å². The molecule has 0 saturated heterocycles. The molecule has 0 atom stereocenters. The number of hydrogen-bond acceptors (Lipinski definition) is 8. The average molecular weight is 1840 g/mol. The van der Waals surface area contributed by atoms with Gasteiger partial charge in [-0.25, -0.2) is 39.9 Å². The molecule has 0 radical (unpaired) electrons. The van der Waals surface area contributed by atoms with Crippen molar-refractivity contribution in [3.8, 4) is 153 Å². The predicted molar refractivity (Wildman–Crippen MR) is 597 cm³/mol. The van der Waals surface area contributed by atoms with E-state index in [0.29, 0.717) is 11.6 Å². The minimum absolute atomic E-state index is 0.685. The van der Waals surface area contributed by atoms with Crippen LogP contribution in [0.1, 0.15) is 16.7 Å². The van der Waals surface area contributed by atoms with E-state index in [-0.39, 0.29) is 0 Å². The first-order valence-corrected chi connectivity index (χ1v) is 48.7. The first-order chi connectivity index (χ1) is 71.0. The largest absolute Gasteiger partial charge is 0.292 e. The maximum Gasteiger partial charge on any atom is 0.160 e. The number of pyridine rings is 1. The molecule has 0 N–H and O–H groups in total. The standard InChI is InChI=1S/C53H35N3.C44H30N4.C36H26N4/c1-34-22-24-36(25-23-34)53-55-49-20-10-11-21-52(49)56(53)40-28-26-35(27-29-40)50-32-39(47-30-37-12-2-4-14-41(37)43-16-6-8-18-45(43)47)33-51(54-50)48-31-38-13-3-5-15-42(38)44-17-7-9-19-46(44)48;1-29-14-16-33(17-15-29)44-47-39-12-6-7-13-42(39)48(44)38-24-22-32(23-25-38)43-45-40(36-20-18-30-8-2-4-10-34(30)26-36)28-41(46-43)37-21-19-31-9-3-5-11-35(31)27-37;1-25-16-18-29(19-17-25)36-39-31-14-8-9-15-34(31)40(36)30-22-20-28(21-23-30)35-37-32(26-10-4-2-5-11-26)24-33(38-35)27-12-6-3-7-13-27/h2-33H,1H3;2-28H,1H3;2-24H,1H3. The molecule has 0 aliphatic carbocycles. The number of imidazole rings is 3. The summed E-state index contributed by atoms with van der Waals surface area (Å²) in [6.07, 6.45) is 0. The van der Waals surface area contributed by atoms with Crippen LogP contribution < -0.4 is 0 Å². The van der Waals surface area contributed by atoms with E-state index in [1.54, 1.807) is 0 Å². The van der Waals surface area contributed by atoms with Crippen LogP contribution in [0.25, 0.3) is 250 Å². The fourth-order valence-electron chi connectivity index (χ4n) is 20.0. The molecular weight excluding hydrogens is 1750 g/mol. The molecule has 0 amide bonds. The van der Waals surface area contributed by atoms with E-state index in [1.807, 2.05) is 48.5 Å². The summed E-state index contributed by atoms with van der Waals surface area (Å²) in [6, 6.07) is 175. The van der Waals surface area contributed by atoms with Gasteiger partial charge in [0.1, 0.15) is 17.5 Å². The molecule has 0 fully saturated rings. The Bertz CT molecular complexity index is 9270. The third-order valence-electron chi connectivity index (χ3n) is 27.4. The van der Waals surface area contributed by atoms with E-state index in [1.165, 1.54) is 86.9 Å². The van der Waals surface area contributed by atoms with Crippen LogP contribution in [0.3, 0.4) is 0 Å². The summed E-state index contributed by atoms with van der Waals surface area (Å²) in [5, 5.41) is 14.6. The van der Waals surface area contributed by atoms with Crippen molar-refractivity contribution in [1.29, 1.82) is 0 Å². The molecule has 6 heterocycles. The first kappa shape index (κ1) is 86.5. The molecule has 6 aromatic heterocycles. The minimum atomic E-state index is 0.685. The Hall–Kier alpha value is -19.1. The normalized spacial score (nSPS) is 11.4. The van der Waals surface area contributed by atoms with E-state index in [4.69, 9.17) is 39.9 Å². The Balaban J connectivity index is 0.000000115. The van der Waals surface area contributed by atoms with Crippen LogP contribution in [0.4, 0.5) is 0 Å². The van der Waals surface area contributed by atoms with E-state index < -0.39 is 0 Å². The van der Waals surface area contributed by atoms with Crippen LogP contribution >= 0.6 is 0 Å². The van der Waals surface area contributed by atoms with Gasteiger partial charge in [0.2, 0.25) is 0 Å². The van der Waals surface area contributed by atoms with Crippen molar-refractivity contribution in [1.82, 2.24) is 53.6 Å². The highest BCUT2D eigenvalue weighted by molar-refractivity contribution is 6.16. The molecule has 0 unspecified atom stereocenters. The van der Waals surface area contributed by atoms with Crippen molar-refractivity contribution < 1.29 is 0 Å². The lowest BCUT2D eigenvalue weighted by Crippen LogP contribution is -1.99. The molecule has 0 bridgehead atoms. The topological polar surface area (TPSA) is 118 Å². The monoisotopic (exact) mass is 1840 g/mol. The van der Waals surface area contributed by atoms with Crippen LogP contribution in [0.15, 0.2) is 497 Å². The van der Waals surface area contributed by atoms with E-state index >= 15 is 0 Å². The van der Waals surface area contributed by atoms with Crippen LogP contribution in [-0.2, 0) is 0 Å². The van der Waals surface area contributed by atoms with Gasteiger partial charge in [-0.3, -0.25) is 13.7 Å². The SMILES string of the molecule is Cc1ccc(-c2nc3ccccc3n2-c2ccc(-c3cc(-c4cc5ccccc5c5ccccc45)cc(-c4cc5ccccc5c5ccccc45)n3)cc2)cc1.Cc1ccc(-c2nc3ccccc3n2-c2ccc(-c3nc(-c4ccc5ccccc5c4)cc(-c4ccc5ccccc5c4)n3)cc2)cc1.Cc1ccc(-c2nc3ccccc3n2-c2ccc(-c3nc(-c4ccccc4)cc(-c4ccccc4)n3)cc2)cc1. The Labute approximate surface area is 833 Å². The zero-order valence-electron chi connectivity index (χ0n) is 79.3. The highest BCUT2D eigenvalue weighted by Gasteiger charge is 2.24. The third-order valence-corrected chi connectivity index (χ3v) is 27.4. The maximum atomic E-state index is 5.50. The fraction of sp³-hybridized carbons (Fsp3) is 0.0226. The van der Waals surface area contributed by atoms with Crippen molar-refractivity contribution in [3.05, 3.63) is 514 Å². The summed E-state index contributed by atoms with van der Waals surface area (Å²) in [4.78, 5) is 40.9. The lowest BCUT2D eigenvalue weighted by atomic mass is 9.91. The predicted octanol–water partition coefficient (Wildman–Crippen LogP) is 33.9. The molecule has 11 heteroatoms. The highest BCUT2D eigenvalue weighted by atomic mass is 15.1. The average Bonchev–Trinajstić information content (AvgIpc) is 1.25. The zero-order chi connectivity index (χ0) is 96.1. The van der Waals surface area contributed by atoms with Gasteiger partial charge in [0.15, 0.2) is 11.6 Å². The fourth-order valence-corrected chi connectivity index (χ4v) is 20.0. The first-order valence-electron chi connectivity index (χ1n) is 48.7. The number of fused-ring (bicyclic) bond motifs is 11. The second kappa shape index (κ2) is 37.3. The zero-order valence-corrected chi connectivity index (χ0v) is 79.3. The summed E-state index contributed by atoms with van der Waals surface area (Å²) in [5.74, 6) is 4.14. The molecule has 0 aliphatic heterocycles.